The summed E-state index contributed by atoms with van der Waals surface area (Å²) >= 11 is 0. The highest BCUT2D eigenvalue weighted by Crippen LogP contribution is 2.50. The zero-order valence-corrected chi connectivity index (χ0v) is 37.1. The zero-order chi connectivity index (χ0) is 44.7. The maximum absolute atomic E-state index is 6.75. The summed E-state index contributed by atoms with van der Waals surface area (Å²) in [4.78, 5) is 4.76. The monoisotopic (exact) mass is 870 g/mol. The Hall–Kier alpha value is -8.86. The lowest BCUT2D eigenvalue weighted by molar-refractivity contribution is 0.668. The van der Waals surface area contributed by atoms with Crippen LogP contribution in [0.3, 0.4) is 0 Å². The van der Waals surface area contributed by atoms with Crippen molar-refractivity contribution in [3.8, 4) is 22.3 Å². The predicted octanol–water partition coefficient (Wildman–Crippen LogP) is 18.2. The first kappa shape index (κ1) is 38.4. The Morgan fingerprint density at radius 3 is 1.72 bits per heavy atom. The van der Waals surface area contributed by atoms with Crippen molar-refractivity contribution in [3.05, 3.63) is 242 Å². The second kappa shape index (κ2) is 15.4. The van der Waals surface area contributed by atoms with E-state index in [1.807, 2.05) is 18.2 Å². The molecule has 320 valence electrons. The molecular formula is C64H42N2O2. The molecule has 0 unspecified atom stereocenters. The van der Waals surface area contributed by atoms with Gasteiger partial charge in [-0.1, -0.05) is 152 Å². The quantitative estimate of drug-likeness (QED) is 0.149. The van der Waals surface area contributed by atoms with Crippen LogP contribution >= 0.6 is 0 Å². The number of nitrogens with zero attached hydrogens (tertiary/aromatic N) is 2. The second-order valence-electron chi connectivity index (χ2n) is 17.9. The van der Waals surface area contributed by atoms with E-state index in [1.54, 1.807) is 0 Å². The molecule has 13 aromatic rings. The van der Waals surface area contributed by atoms with Crippen molar-refractivity contribution in [1.29, 1.82) is 0 Å². The Morgan fingerprint density at radius 2 is 0.897 bits per heavy atom. The van der Waals surface area contributed by atoms with Crippen LogP contribution in [0.5, 0.6) is 0 Å². The lowest BCUT2D eigenvalue weighted by Crippen LogP contribution is -2.13. The van der Waals surface area contributed by atoms with Gasteiger partial charge >= 0.3 is 0 Å². The van der Waals surface area contributed by atoms with E-state index in [0.717, 1.165) is 102 Å². The SMILES string of the molecule is c1ccc(-c2ccccc2N(c2ccc3c(c2)CCc2c-3c3ccccc3c3cc(N(c4ccccc4)c4ccc5c(c4)oc4ccccc45)ccc23)c2cccc3c2oc2ccccc23)cc1. The van der Waals surface area contributed by atoms with Gasteiger partial charge in [-0.3, -0.25) is 0 Å². The first-order valence-corrected chi connectivity index (χ1v) is 23.5. The van der Waals surface area contributed by atoms with Crippen LogP contribution in [-0.2, 0) is 12.8 Å². The molecule has 0 aliphatic heterocycles. The van der Waals surface area contributed by atoms with Crippen LogP contribution in [0.2, 0.25) is 0 Å². The van der Waals surface area contributed by atoms with Crippen molar-refractivity contribution >= 4 is 99.5 Å². The fraction of sp³-hybridized carbons (Fsp3) is 0.0312. The average molecular weight is 871 g/mol. The van der Waals surface area contributed by atoms with Gasteiger partial charge < -0.3 is 18.6 Å². The Balaban J connectivity index is 0.934. The third kappa shape index (κ3) is 6.01. The number of hydrogen-bond acceptors (Lipinski definition) is 4. The molecule has 0 fully saturated rings. The van der Waals surface area contributed by atoms with E-state index in [2.05, 4.69) is 222 Å². The topological polar surface area (TPSA) is 32.8 Å². The molecule has 4 nitrogen and oxygen atoms in total. The van der Waals surface area contributed by atoms with Gasteiger partial charge in [0.05, 0.1) is 11.4 Å². The molecule has 0 saturated carbocycles. The Labute approximate surface area is 393 Å². The first-order valence-electron chi connectivity index (χ1n) is 23.5. The number of furan rings is 2. The molecule has 0 atom stereocenters. The van der Waals surface area contributed by atoms with E-state index in [-0.39, 0.29) is 0 Å². The molecule has 68 heavy (non-hydrogen) atoms. The van der Waals surface area contributed by atoms with Gasteiger partial charge in [0.15, 0.2) is 5.58 Å². The van der Waals surface area contributed by atoms with E-state index < -0.39 is 0 Å². The van der Waals surface area contributed by atoms with E-state index in [4.69, 9.17) is 8.83 Å². The van der Waals surface area contributed by atoms with Gasteiger partial charge in [0.2, 0.25) is 0 Å². The highest BCUT2D eigenvalue weighted by atomic mass is 16.3. The molecule has 2 heterocycles. The van der Waals surface area contributed by atoms with Crippen LogP contribution in [0.15, 0.2) is 239 Å². The van der Waals surface area contributed by atoms with Crippen molar-refractivity contribution in [3.63, 3.8) is 0 Å². The van der Waals surface area contributed by atoms with E-state index in [1.165, 1.54) is 43.8 Å². The molecule has 4 heteroatoms. The van der Waals surface area contributed by atoms with Crippen molar-refractivity contribution in [2.75, 3.05) is 9.80 Å². The van der Waals surface area contributed by atoms with Gasteiger partial charge in [0.1, 0.15) is 16.7 Å². The summed E-state index contributed by atoms with van der Waals surface area (Å²) in [5, 5.41) is 9.54. The minimum Gasteiger partial charge on any atom is -0.456 e. The largest absolute Gasteiger partial charge is 0.456 e. The molecule has 0 radical (unpaired) electrons. The minimum absolute atomic E-state index is 0.873. The summed E-state index contributed by atoms with van der Waals surface area (Å²) in [6, 6.07) is 83.0. The molecule has 0 amide bonds. The number of benzene rings is 11. The lowest BCUT2D eigenvalue weighted by atomic mass is 9.79. The average Bonchev–Trinajstić information content (AvgIpc) is 3.98. The van der Waals surface area contributed by atoms with Gasteiger partial charge in [-0.05, 0) is 135 Å². The molecule has 0 N–H and O–H groups in total. The fourth-order valence-electron chi connectivity index (χ4n) is 11.1. The summed E-state index contributed by atoms with van der Waals surface area (Å²) in [6.07, 6.45) is 1.85. The maximum Gasteiger partial charge on any atom is 0.159 e. The van der Waals surface area contributed by atoms with Crippen LogP contribution < -0.4 is 9.80 Å². The normalized spacial score (nSPS) is 12.3. The number of aryl methyl sites for hydroxylation is 2. The summed E-state index contributed by atoms with van der Waals surface area (Å²) in [6.45, 7) is 0. The number of fused-ring (bicyclic) bond motifs is 14. The molecule has 0 saturated heterocycles. The molecule has 11 aromatic carbocycles. The van der Waals surface area contributed by atoms with Crippen molar-refractivity contribution in [2.24, 2.45) is 0 Å². The number of rotatable bonds is 7. The number of anilines is 6. The van der Waals surface area contributed by atoms with Crippen LogP contribution in [-0.4, -0.2) is 0 Å². The third-order valence-corrected chi connectivity index (χ3v) is 14.1. The van der Waals surface area contributed by atoms with E-state index >= 15 is 0 Å². The predicted molar refractivity (Wildman–Crippen MR) is 284 cm³/mol. The third-order valence-electron chi connectivity index (χ3n) is 14.1. The number of hydrogen-bond donors (Lipinski definition) is 0. The van der Waals surface area contributed by atoms with Gasteiger partial charge in [-0.15, -0.1) is 0 Å². The van der Waals surface area contributed by atoms with Crippen LogP contribution in [0.4, 0.5) is 34.1 Å². The van der Waals surface area contributed by atoms with Crippen LogP contribution in [0.25, 0.3) is 87.7 Å². The Kier molecular flexibility index (Phi) is 8.68. The van der Waals surface area contributed by atoms with Crippen molar-refractivity contribution in [1.82, 2.24) is 0 Å². The maximum atomic E-state index is 6.75. The summed E-state index contributed by atoms with van der Waals surface area (Å²) in [5.74, 6) is 0. The van der Waals surface area contributed by atoms with Gasteiger partial charge in [-0.25, -0.2) is 0 Å². The van der Waals surface area contributed by atoms with Gasteiger partial charge in [0.25, 0.3) is 0 Å². The number of para-hydroxylation sites is 5. The molecular weight excluding hydrogens is 829 g/mol. The molecule has 14 rings (SSSR count). The second-order valence-corrected chi connectivity index (χ2v) is 17.9. The van der Waals surface area contributed by atoms with Crippen LogP contribution in [0.1, 0.15) is 11.1 Å². The van der Waals surface area contributed by atoms with Crippen molar-refractivity contribution in [2.45, 2.75) is 12.8 Å². The summed E-state index contributed by atoms with van der Waals surface area (Å²) in [5.41, 5.74) is 17.7. The summed E-state index contributed by atoms with van der Waals surface area (Å²) in [7, 11) is 0. The van der Waals surface area contributed by atoms with Crippen LogP contribution in [0, 0.1) is 0 Å². The zero-order valence-electron chi connectivity index (χ0n) is 37.1. The minimum atomic E-state index is 0.873. The fourth-order valence-corrected chi connectivity index (χ4v) is 11.1. The molecule has 1 aliphatic rings. The lowest BCUT2D eigenvalue weighted by Gasteiger charge is -2.30. The van der Waals surface area contributed by atoms with E-state index in [0.29, 0.717) is 0 Å². The van der Waals surface area contributed by atoms with Gasteiger partial charge in [-0.2, -0.15) is 0 Å². The smallest absolute Gasteiger partial charge is 0.159 e. The molecule has 2 aromatic heterocycles. The summed E-state index contributed by atoms with van der Waals surface area (Å²) < 4.78 is 13.2. The van der Waals surface area contributed by atoms with Crippen molar-refractivity contribution < 1.29 is 8.83 Å². The standard InChI is InChI=1S/C64H42N2O2/c1-3-16-41(17-4-1)47-20-9-12-26-58(47)66(59-27-15-25-56-52-23-11-14-29-61(52)68-64(56)59)44-31-35-48-42(38-44)30-34-55-50-36-32-45(39-57(50)49-21-7-8-24-54(49)63(48)55)65(43-18-5-2-6-19-43)46-33-37-53-51-22-10-13-28-60(51)67-62(53)40-46/h1-29,31-33,35-40H,30,34H2. The highest BCUT2D eigenvalue weighted by molar-refractivity contribution is 6.18. The molecule has 1 aliphatic carbocycles. The molecule has 0 bridgehead atoms. The Morgan fingerprint density at radius 1 is 0.309 bits per heavy atom. The Bertz CT molecular complexity index is 4110. The van der Waals surface area contributed by atoms with E-state index in [9.17, 15) is 0 Å². The molecule has 0 spiro atoms. The van der Waals surface area contributed by atoms with Gasteiger partial charge in [0, 0.05) is 55.9 Å². The highest BCUT2D eigenvalue weighted by Gasteiger charge is 2.27. The first-order chi connectivity index (χ1) is 33.7.